The first-order chi connectivity index (χ1) is 14.2. The van der Waals surface area contributed by atoms with Crippen LogP contribution in [0.15, 0.2) is 52.3 Å². The van der Waals surface area contributed by atoms with Crippen LogP contribution >= 0.6 is 0 Å². The quantitative estimate of drug-likeness (QED) is 0.548. The molecule has 0 bridgehead atoms. The first kappa shape index (κ1) is 22.6. The number of rotatable bonds is 4. The predicted molar refractivity (Wildman–Crippen MR) is 96.6 cm³/mol. The summed E-state index contributed by atoms with van der Waals surface area (Å²) < 4.78 is 106. The lowest BCUT2D eigenvalue weighted by atomic mass is 10.0. The van der Waals surface area contributed by atoms with Gasteiger partial charge in [0.1, 0.15) is 11.4 Å². The third-order valence-electron chi connectivity index (χ3n) is 4.04. The standard InChI is InChI=1S/C18H12F6N2O4S/c1-31(28,29)12-6-7-26-13(8-12)25-15(18(22,23)24)14(16(26)27)10-2-4-11(5-3-10)30-9-17(19,20)21/h2-8H,9H2,1H3. The van der Waals surface area contributed by atoms with E-state index in [4.69, 9.17) is 0 Å². The van der Waals surface area contributed by atoms with Crippen molar-refractivity contribution in [1.82, 2.24) is 9.38 Å². The Morgan fingerprint density at radius 2 is 1.65 bits per heavy atom. The smallest absolute Gasteiger partial charge is 0.434 e. The average Bonchev–Trinajstić information content (AvgIpc) is 2.64. The number of nitrogens with zero attached hydrogens (tertiary/aromatic N) is 2. The second kappa shape index (κ2) is 7.55. The molecule has 0 N–H and O–H groups in total. The van der Waals surface area contributed by atoms with Gasteiger partial charge >= 0.3 is 12.4 Å². The Balaban J connectivity index is 2.17. The van der Waals surface area contributed by atoms with Crippen LogP contribution in [0.4, 0.5) is 26.3 Å². The number of sulfone groups is 1. The summed E-state index contributed by atoms with van der Waals surface area (Å²) in [7, 11) is -3.77. The second-order valence-corrected chi connectivity index (χ2v) is 8.45. The van der Waals surface area contributed by atoms with E-state index < -0.39 is 51.3 Å². The lowest BCUT2D eigenvalue weighted by Crippen LogP contribution is -2.24. The van der Waals surface area contributed by atoms with Crippen LogP contribution in [0.3, 0.4) is 0 Å². The molecule has 0 atom stereocenters. The van der Waals surface area contributed by atoms with E-state index in [2.05, 4.69) is 9.72 Å². The van der Waals surface area contributed by atoms with Gasteiger partial charge in [-0.05, 0) is 23.8 Å². The third-order valence-corrected chi connectivity index (χ3v) is 5.15. The number of aromatic nitrogens is 2. The maximum atomic E-state index is 13.6. The summed E-state index contributed by atoms with van der Waals surface area (Å²) in [5, 5.41) is 0. The maximum absolute atomic E-state index is 13.6. The molecule has 3 aromatic rings. The zero-order chi connectivity index (χ0) is 23.2. The molecule has 3 rings (SSSR count). The van der Waals surface area contributed by atoms with Crippen LogP contribution in [-0.2, 0) is 16.0 Å². The van der Waals surface area contributed by atoms with Gasteiger partial charge < -0.3 is 4.74 Å². The van der Waals surface area contributed by atoms with Crippen molar-refractivity contribution in [3.8, 4) is 16.9 Å². The highest BCUT2D eigenvalue weighted by atomic mass is 32.2. The zero-order valence-electron chi connectivity index (χ0n) is 15.5. The molecule has 0 aliphatic rings. The Hall–Kier alpha value is -3.09. The summed E-state index contributed by atoms with van der Waals surface area (Å²) in [5.41, 5.74) is -4.34. The summed E-state index contributed by atoms with van der Waals surface area (Å²) in [6, 6.07) is 5.85. The lowest BCUT2D eigenvalue weighted by molar-refractivity contribution is -0.153. The molecule has 0 aliphatic heterocycles. The van der Waals surface area contributed by atoms with Gasteiger partial charge in [0, 0.05) is 18.5 Å². The van der Waals surface area contributed by atoms with Crippen molar-refractivity contribution in [2.75, 3.05) is 12.9 Å². The molecule has 0 aliphatic carbocycles. The number of pyridine rings is 1. The van der Waals surface area contributed by atoms with Crippen LogP contribution in [0.5, 0.6) is 5.75 Å². The third kappa shape index (κ3) is 4.98. The van der Waals surface area contributed by atoms with Gasteiger partial charge in [-0.3, -0.25) is 9.20 Å². The first-order valence-corrected chi connectivity index (χ1v) is 10.2. The van der Waals surface area contributed by atoms with Gasteiger partial charge in [-0.1, -0.05) is 12.1 Å². The summed E-state index contributed by atoms with van der Waals surface area (Å²) in [6.07, 6.45) is -7.85. The van der Waals surface area contributed by atoms with E-state index in [1.54, 1.807) is 0 Å². The molecule has 6 nitrogen and oxygen atoms in total. The van der Waals surface area contributed by atoms with Crippen molar-refractivity contribution < 1.29 is 39.5 Å². The number of benzene rings is 1. The monoisotopic (exact) mass is 466 g/mol. The molecule has 2 heterocycles. The fourth-order valence-electron chi connectivity index (χ4n) is 2.70. The van der Waals surface area contributed by atoms with E-state index in [1.807, 2.05) is 0 Å². The number of ether oxygens (including phenoxy) is 1. The van der Waals surface area contributed by atoms with Crippen LogP contribution in [0, 0.1) is 0 Å². The normalized spacial score (nSPS) is 12.9. The molecule has 13 heteroatoms. The molecule has 0 amide bonds. The van der Waals surface area contributed by atoms with Crippen molar-refractivity contribution in [3.05, 3.63) is 58.6 Å². The zero-order valence-corrected chi connectivity index (χ0v) is 16.3. The van der Waals surface area contributed by atoms with E-state index in [-0.39, 0.29) is 16.2 Å². The van der Waals surface area contributed by atoms with Crippen LogP contribution < -0.4 is 10.3 Å². The van der Waals surface area contributed by atoms with Gasteiger partial charge in [-0.15, -0.1) is 0 Å². The Morgan fingerprint density at radius 1 is 1.03 bits per heavy atom. The summed E-state index contributed by atoms with van der Waals surface area (Å²) in [5.74, 6) is -0.263. The topological polar surface area (TPSA) is 77.7 Å². The maximum Gasteiger partial charge on any atom is 0.434 e. The fraction of sp³-hybridized carbons (Fsp3) is 0.222. The van der Waals surface area contributed by atoms with E-state index in [1.165, 1.54) is 0 Å². The SMILES string of the molecule is CS(=O)(=O)c1ccn2c(=O)c(-c3ccc(OCC(F)(F)F)cc3)c(C(F)(F)F)nc2c1. The van der Waals surface area contributed by atoms with Gasteiger partial charge in [0.2, 0.25) is 0 Å². The number of hydrogen-bond acceptors (Lipinski definition) is 5. The minimum Gasteiger partial charge on any atom is -0.484 e. The highest BCUT2D eigenvalue weighted by Gasteiger charge is 2.38. The second-order valence-electron chi connectivity index (χ2n) is 6.43. The number of hydrogen-bond donors (Lipinski definition) is 0. The largest absolute Gasteiger partial charge is 0.484 e. The van der Waals surface area contributed by atoms with Crippen molar-refractivity contribution >= 4 is 15.5 Å². The fourth-order valence-corrected chi connectivity index (χ4v) is 3.33. The highest BCUT2D eigenvalue weighted by molar-refractivity contribution is 7.90. The Labute approximate surface area is 170 Å². The van der Waals surface area contributed by atoms with Gasteiger partial charge in [-0.2, -0.15) is 26.3 Å². The summed E-state index contributed by atoms with van der Waals surface area (Å²) >= 11 is 0. The first-order valence-electron chi connectivity index (χ1n) is 8.30. The number of halogens is 6. The Morgan fingerprint density at radius 3 is 2.16 bits per heavy atom. The molecule has 166 valence electrons. The molecular weight excluding hydrogens is 454 g/mol. The van der Waals surface area contributed by atoms with Gasteiger partial charge in [0.05, 0.1) is 10.5 Å². The van der Waals surface area contributed by atoms with Crippen LogP contribution in [0.2, 0.25) is 0 Å². The minimum absolute atomic E-state index is 0.259. The van der Waals surface area contributed by atoms with Crippen LogP contribution in [-0.4, -0.2) is 36.8 Å². The van der Waals surface area contributed by atoms with E-state index in [0.29, 0.717) is 0 Å². The molecule has 0 saturated carbocycles. The highest BCUT2D eigenvalue weighted by Crippen LogP contribution is 2.35. The molecule has 0 fully saturated rings. The van der Waals surface area contributed by atoms with Crippen molar-refractivity contribution in [3.63, 3.8) is 0 Å². The van der Waals surface area contributed by atoms with Crippen molar-refractivity contribution in [1.29, 1.82) is 0 Å². The Bertz CT molecular complexity index is 1300. The Kier molecular flexibility index (Phi) is 5.50. The molecule has 0 saturated heterocycles. The van der Waals surface area contributed by atoms with Gasteiger partial charge in [0.25, 0.3) is 5.56 Å². The van der Waals surface area contributed by atoms with Gasteiger partial charge in [-0.25, -0.2) is 13.4 Å². The summed E-state index contributed by atoms with van der Waals surface area (Å²) in [6.45, 7) is -1.59. The number of fused-ring (bicyclic) bond motifs is 1. The molecular formula is C18H12F6N2O4S. The average molecular weight is 466 g/mol. The van der Waals surface area contributed by atoms with E-state index in [0.717, 1.165) is 53.3 Å². The molecule has 0 unspecified atom stereocenters. The molecule has 1 aromatic carbocycles. The summed E-state index contributed by atoms with van der Waals surface area (Å²) in [4.78, 5) is 15.9. The minimum atomic E-state index is -5.07. The van der Waals surface area contributed by atoms with Gasteiger partial charge in [0.15, 0.2) is 22.1 Å². The van der Waals surface area contributed by atoms with E-state index >= 15 is 0 Å². The molecule has 0 radical (unpaired) electrons. The van der Waals surface area contributed by atoms with Crippen molar-refractivity contribution in [2.45, 2.75) is 17.2 Å². The van der Waals surface area contributed by atoms with Crippen LogP contribution in [0.1, 0.15) is 5.69 Å². The molecule has 0 spiro atoms. The number of alkyl halides is 6. The molecule has 31 heavy (non-hydrogen) atoms. The van der Waals surface area contributed by atoms with Crippen molar-refractivity contribution in [2.24, 2.45) is 0 Å². The molecule has 2 aromatic heterocycles. The van der Waals surface area contributed by atoms with Crippen LogP contribution in [0.25, 0.3) is 16.8 Å². The van der Waals surface area contributed by atoms with E-state index in [9.17, 15) is 39.6 Å². The predicted octanol–water partition coefficient (Wildman–Crippen LogP) is 3.72. The lowest BCUT2D eigenvalue weighted by Gasteiger charge is -2.14.